The van der Waals surface area contributed by atoms with E-state index in [4.69, 9.17) is 4.74 Å². The standard InChI is InChI=1S/C12H14N2O/c1-13-7-3-11(4-8-13)15-12-5-9-14(2)10-6-12/h3-10H,1-2H3/q+2. The minimum Gasteiger partial charge on any atom is -0.456 e. The second kappa shape index (κ2) is 4.09. The van der Waals surface area contributed by atoms with Crippen LogP contribution in [0.5, 0.6) is 11.5 Å². The fraction of sp³-hybridized carbons (Fsp3) is 0.167. The van der Waals surface area contributed by atoms with E-state index >= 15 is 0 Å². The summed E-state index contributed by atoms with van der Waals surface area (Å²) in [7, 11) is 3.96. The minimum absolute atomic E-state index is 0.849. The van der Waals surface area contributed by atoms with Crippen LogP contribution in [0.25, 0.3) is 0 Å². The molecule has 15 heavy (non-hydrogen) atoms. The van der Waals surface area contributed by atoms with E-state index in [0.717, 1.165) is 11.5 Å². The summed E-state index contributed by atoms with van der Waals surface area (Å²) in [6.45, 7) is 0. The maximum Gasteiger partial charge on any atom is 0.172 e. The molecule has 3 nitrogen and oxygen atoms in total. The summed E-state index contributed by atoms with van der Waals surface area (Å²) in [4.78, 5) is 0. The molecule has 0 N–H and O–H groups in total. The van der Waals surface area contributed by atoms with Crippen LogP contribution in [-0.2, 0) is 14.1 Å². The first-order valence-corrected chi connectivity index (χ1v) is 4.82. The van der Waals surface area contributed by atoms with Crippen molar-refractivity contribution in [3.05, 3.63) is 49.1 Å². The van der Waals surface area contributed by atoms with Gasteiger partial charge in [-0.3, -0.25) is 0 Å². The predicted molar refractivity (Wildman–Crippen MR) is 55.3 cm³/mol. The first kappa shape index (κ1) is 9.65. The van der Waals surface area contributed by atoms with Crippen LogP contribution in [0.15, 0.2) is 49.1 Å². The molecule has 3 heteroatoms. The molecular formula is C12H14N2O+2. The van der Waals surface area contributed by atoms with Crippen LogP contribution in [-0.4, -0.2) is 0 Å². The molecule has 0 unspecified atom stereocenters. The maximum absolute atomic E-state index is 5.66. The number of pyridine rings is 2. The van der Waals surface area contributed by atoms with Crippen molar-refractivity contribution in [1.82, 2.24) is 0 Å². The lowest BCUT2D eigenvalue weighted by Crippen LogP contribution is -2.26. The summed E-state index contributed by atoms with van der Waals surface area (Å²) in [5, 5.41) is 0. The van der Waals surface area contributed by atoms with Crippen molar-refractivity contribution in [3.63, 3.8) is 0 Å². The van der Waals surface area contributed by atoms with E-state index in [9.17, 15) is 0 Å². The van der Waals surface area contributed by atoms with Crippen molar-refractivity contribution in [2.75, 3.05) is 0 Å². The number of rotatable bonds is 2. The largest absolute Gasteiger partial charge is 0.456 e. The van der Waals surface area contributed by atoms with Gasteiger partial charge in [0.15, 0.2) is 24.8 Å². The van der Waals surface area contributed by atoms with Crippen molar-refractivity contribution >= 4 is 0 Å². The van der Waals surface area contributed by atoms with Gasteiger partial charge >= 0.3 is 0 Å². The average molecular weight is 202 g/mol. The normalized spacial score (nSPS) is 10.0. The van der Waals surface area contributed by atoms with Crippen LogP contribution >= 0.6 is 0 Å². The summed E-state index contributed by atoms with van der Waals surface area (Å²) in [5.41, 5.74) is 0. The van der Waals surface area contributed by atoms with Crippen molar-refractivity contribution < 1.29 is 13.9 Å². The van der Waals surface area contributed by atoms with Gasteiger partial charge in [-0.1, -0.05) is 0 Å². The van der Waals surface area contributed by atoms with Gasteiger partial charge in [-0.25, -0.2) is 9.13 Å². The van der Waals surface area contributed by atoms with Crippen LogP contribution in [0.1, 0.15) is 0 Å². The smallest absolute Gasteiger partial charge is 0.172 e. The molecule has 0 radical (unpaired) electrons. The lowest BCUT2D eigenvalue weighted by atomic mass is 10.4. The van der Waals surface area contributed by atoms with Gasteiger partial charge in [0.1, 0.15) is 25.6 Å². The lowest BCUT2D eigenvalue weighted by molar-refractivity contribution is -0.671. The molecule has 0 aliphatic heterocycles. The van der Waals surface area contributed by atoms with Crippen LogP contribution in [0.3, 0.4) is 0 Å². The van der Waals surface area contributed by atoms with E-state index in [-0.39, 0.29) is 0 Å². The highest BCUT2D eigenvalue weighted by atomic mass is 16.5. The predicted octanol–water partition coefficient (Wildman–Crippen LogP) is 1.13. The minimum atomic E-state index is 0.849. The van der Waals surface area contributed by atoms with Crippen LogP contribution in [0.4, 0.5) is 0 Å². The van der Waals surface area contributed by atoms with E-state index in [1.54, 1.807) is 0 Å². The zero-order chi connectivity index (χ0) is 10.7. The van der Waals surface area contributed by atoms with E-state index in [1.807, 2.05) is 72.3 Å². The third-order valence-corrected chi connectivity index (χ3v) is 2.13. The molecule has 0 aliphatic rings. The molecule has 0 saturated heterocycles. The van der Waals surface area contributed by atoms with Crippen molar-refractivity contribution in [2.45, 2.75) is 0 Å². The second-order valence-corrected chi connectivity index (χ2v) is 3.50. The molecule has 2 heterocycles. The van der Waals surface area contributed by atoms with Gasteiger partial charge in [0.2, 0.25) is 0 Å². The molecule has 0 aromatic carbocycles. The Morgan fingerprint density at radius 3 is 1.40 bits per heavy atom. The van der Waals surface area contributed by atoms with Gasteiger partial charge in [0.25, 0.3) is 0 Å². The van der Waals surface area contributed by atoms with E-state index in [1.165, 1.54) is 0 Å². The number of hydrogen-bond donors (Lipinski definition) is 0. The zero-order valence-corrected chi connectivity index (χ0v) is 8.92. The first-order chi connectivity index (χ1) is 7.24. The molecule has 0 amide bonds. The first-order valence-electron chi connectivity index (χ1n) is 4.82. The Hall–Kier alpha value is -1.90. The van der Waals surface area contributed by atoms with Gasteiger partial charge in [0, 0.05) is 24.3 Å². The Balaban J connectivity index is 2.15. The Labute approximate surface area is 89.2 Å². The lowest BCUT2D eigenvalue weighted by Gasteiger charge is -2.02. The molecule has 2 rings (SSSR count). The third-order valence-electron chi connectivity index (χ3n) is 2.13. The highest BCUT2D eigenvalue weighted by molar-refractivity contribution is 5.25. The molecule has 2 aromatic rings. The highest BCUT2D eigenvalue weighted by Gasteiger charge is 2.00. The van der Waals surface area contributed by atoms with Gasteiger partial charge in [0.05, 0.1) is 0 Å². The molecule has 2 aromatic heterocycles. The van der Waals surface area contributed by atoms with E-state index in [2.05, 4.69) is 0 Å². The summed E-state index contributed by atoms with van der Waals surface area (Å²) in [6, 6.07) is 7.75. The molecule has 0 aliphatic carbocycles. The topological polar surface area (TPSA) is 17.0 Å². The number of hydrogen-bond acceptors (Lipinski definition) is 1. The van der Waals surface area contributed by atoms with E-state index < -0.39 is 0 Å². The number of ether oxygens (including phenoxy) is 1. The molecule has 0 bridgehead atoms. The average Bonchev–Trinajstić information content (AvgIpc) is 2.25. The summed E-state index contributed by atoms with van der Waals surface area (Å²) in [5.74, 6) is 1.70. The molecular weight excluding hydrogens is 188 g/mol. The monoisotopic (exact) mass is 202 g/mol. The Bertz CT molecular complexity index is 391. The molecule has 0 spiro atoms. The number of aryl methyl sites for hydroxylation is 2. The maximum atomic E-state index is 5.66. The summed E-state index contributed by atoms with van der Waals surface area (Å²) < 4.78 is 9.60. The number of aromatic nitrogens is 2. The highest BCUT2D eigenvalue weighted by Crippen LogP contribution is 2.17. The van der Waals surface area contributed by atoms with Crippen LogP contribution < -0.4 is 13.9 Å². The third kappa shape index (κ3) is 2.53. The van der Waals surface area contributed by atoms with Crippen molar-refractivity contribution in [2.24, 2.45) is 14.1 Å². The van der Waals surface area contributed by atoms with Crippen molar-refractivity contribution in [1.29, 1.82) is 0 Å². The molecule has 0 saturated carbocycles. The molecule has 76 valence electrons. The zero-order valence-electron chi connectivity index (χ0n) is 8.92. The van der Waals surface area contributed by atoms with Gasteiger partial charge < -0.3 is 4.74 Å². The van der Waals surface area contributed by atoms with E-state index in [0.29, 0.717) is 0 Å². The van der Waals surface area contributed by atoms with Gasteiger partial charge in [-0.05, 0) is 0 Å². The van der Waals surface area contributed by atoms with Crippen molar-refractivity contribution in [3.8, 4) is 11.5 Å². The van der Waals surface area contributed by atoms with Gasteiger partial charge in [-0.2, -0.15) is 0 Å². The summed E-state index contributed by atoms with van der Waals surface area (Å²) >= 11 is 0. The number of nitrogens with zero attached hydrogens (tertiary/aromatic N) is 2. The Kier molecular flexibility index (Phi) is 2.63. The summed E-state index contributed by atoms with van der Waals surface area (Å²) in [6.07, 6.45) is 7.83. The Morgan fingerprint density at radius 2 is 1.07 bits per heavy atom. The molecule has 0 atom stereocenters. The molecule has 0 fully saturated rings. The van der Waals surface area contributed by atoms with Crippen LogP contribution in [0, 0.1) is 0 Å². The SMILES string of the molecule is C[n+]1ccc(Oc2cc[n+](C)cc2)cc1. The second-order valence-electron chi connectivity index (χ2n) is 3.50. The van der Waals surface area contributed by atoms with Gasteiger partial charge in [-0.15, -0.1) is 0 Å². The Morgan fingerprint density at radius 1 is 0.733 bits per heavy atom. The fourth-order valence-corrected chi connectivity index (χ4v) is 1.25. The quantitative estimate of drug-likeness (QED) is 0.667. The van der Waals surface area contributed by atoms with Crippen LogP contribution in [0.2, 0.25) is 0 Å². The fourth-order valence-electron chi connectivity index (χ4n) is 1.25.